The van der Waals surface area contributed by atoms with E-state index in [0.29, 0.717) is 13.2 Å². The van der Waals surface area contributed by atoms with Gasteiger partial charge in [0.15, 0.2) is 0 Å². The predicted octanol–water partition coefficient (Wildman–Crippen LogP) is 4.28. The molecule has 1 aromatic rings. The molecule has 0 unspecified atom stereocenters. The lowest BCUT2D eigenvalue weighted by atomic mass is 10.1. The highest BCUT2D eigenvalue weighted by Gasteiger charge is 2.01. The lowest BCUT2D eigenvalue weighted by Gasteiger charge is -2.07. The van der Waals surface area contributed by atoms with Gasteiger partial charge < -0.3 is 15.8 Å². The molecule has 3 N–H and O–H groups in total. The Morgan fingerprint density at radius 2 is 1.71 bits per heavy atom. The van der Waals surface area contributed by atoms with Crippen molar-refractivity contribution < 1.29 is 9.53 Å². The molecule has 0 aliphatic rings. The van der Waals surface area contributed by atoms with Crippen molar-refractivity contribution in [1.82, 2.24) is 5.32 Å². The highest BCUT2D eigenvalue weighted by Crippen LogP contribution is 2.06. The van der Waals surface area contributed by atoms with Gasteiger partial charge in [0.25, 0.3) is 0 Å². The van der Waals surface area contributed by atoms with Crippen LogP contribution in [0.25, 0.3) is 0 Å². The Morgan fingerprint density at radius 1 is 1.10 bits per heavy atom. The lowest BCUT2D eigenvalue weighted by molar-refractivity contribution is 0.143. The van der Waals surface area contributed by atoms with Gasteiger partial charge in [-0.25, -0.2) is 4.79 Å². The van der Waals surface area contributed by atoms with Gasteiger partial charge in [0.1, 0.15) is 0 Å². The summed E-state index contributed by atoms with van der Waals surface area (Å²) in [4.78, 5) is 11.5. The molecule has 1 rings (SSSR count). The lowest BCUT2D eigenvalue weighted by Crippen LogP contribution is -2.24. The summed E-state index contributed by atoms with van der Waals surface area (Å²) in [5.74, 6) is 0. The summed E-state index contributed by atoms with van der Waals surface area (Å²) in [6, 6.07) is 7.42. The van der Waals surface area contributed by atoms with E-state index in [4.69, 9.17) is 10.5 Å². The first-order chi connectivity index (χ1) is 9.72. The van der Waals surface area contributed by atoms with Crippen LogP contribution in [0.5, 0.6) is 0 Å². The zero-order chi connectivity index (χ0) is 14.6. The Morgan fingerprint density at radius 3 is 2.38 bits per heavy atom. The minimum absolute atomic E-state index is 0. The highest BCUT2D eigenvalue weighted by molar-refractivity contribution is 5.85. The first kappa shape index (κ1) is 19.6. The molecule has 0 saturated carbocycles. The summed E-state index contributed by atoms with van der Waals surface area (Å²) in [7, 11) is 0. The zero-order valence-corrected chi connectivity index (χ0v) is 13.6. The maximum absolute atomic E-state index is 11.5. The normalized spacial score (nSPS) is 9.76. The number of rotatable bonds is 9. The number of hydrogen-bond acceptors (Lipinski definition) is 3. The van der Waals surface area contributed by atoms with E-state index in [9.17, 15) is 4.79 Å². The van der Waals surface area contributed by atoms with Crippen molar-refractivity contribution in [2.24, 2.45) is 0 Å². The van der Waals surface area contributed by atoms with Crippen molar-refractivity contribution in [3.8, 4) is 0 Å². The standard InChI is InChI=1S/C16H26N2O2.ClH/c1-2-3-4-5-6-7-12-20-16(19)18-13-14-8-10-15(17)11-9-14;/h8-11H,2-7,12-13,17H2,1H3,(H,18,19);1H. The van der Waals surface area contributed by atoms with Crippen LogP contribution in [-0.2, 0) is 11.3 Å². The fraction of sp³-hybridized carbons (Fsp3) is 0.562. The van der Waals surface area contributed by atoms with Crippen LogP contribution in [0.2, 0.25) is 0 Å². The Kier molecular flexibility index (Phi) is 11.5. The summed E-state index contributed by atoms with van der Waals surface area (Å²) in [6.07, 6.45) is 6.77. The van der Waals surface area contributed by atoms with Gasteiger partial charge in [0.05, 0.1) is 6.61 Å². The van der Waals surface area contributed by atoms with E-state index in [0.717, 1.165) is 24.1 Å². The van der Waals surface area contributed by atoms with Gasteiger partial charge in [0.2, 0.25) is 0 Å². The first-order valence-corrected chi connectivity index (χ1v) is 7.47. The molecule has 0 spiro atoms. The molecule has 0 aliphatic carbocycles. The molecule has 0 bridgehead atoms. The number of ether oxygens (including phenoxy) is 1. The second-order valence-corrected chi connectivity index (χ2v) is 5.00. The minimum Gasteiger partial charge on any atom is -0.450 e. The van der Waals surface area contributed by atoms with Crippen molar-refractivity contribution in [2.45, 2.75) is 52.0 Å². The average molecular weight is 315 g/mol. The fourth-order valence-corrected chi connectivity index (χ4v) is 1.91. The van der Waals surface area contributed by atoms with Crippen LogP contribution in [0.1, 0.15) is 51.0 Å². The summed E-state index contributed by atoms with van der Waals surface area (Å²) in [5.41, 5.74) is 7.33. The van der Waals surface area contributed by atoms with Gasteiger partial charge in [-0.3, -0.25) is 0 Å². The van der Waals surface area contributed by atoms with Crippen molar-refractivity contribution in [3.05, 3.63) is 29.8 Å². The van der Waals surface area contributed by atoms with E-state index in [1.54, 1.807) is 0 Å². The molecule has 0 aliphatic heterocycles. The molecule has 0 saturated heterocycles. The number of benzene rings is 1. The van der Waals surface area contributed by atoms with Crippen LogP contribution >= 0.6 is 12.4 Å². The molecule has 120 valence electrons. The Bertz CT molecular complexity index is 382. The van der Waals surface area contributed by atoms with Crippen LogP contribution in [0.4, 0.5) is 10.5 Å². The van der Waals surface area contributed by atoms with Crippen LogP contribution in [0.3, 0.4) is 0 Å². The Balaban J connectivity index is 0.00000400. The van der Waals surface area contributed by atoms with Gasteiger partial charge in [0, 0.05) is 12.2 Å². The minimum atomic E-state index is -0.351. The van der Waals surface area contributed by atoms with E-state index in [1.165, 1.54) is 25.7 Å². The largest absolute Gasteiger partial charge is 0.450 e. The summed E-state index contributed by atoms with van der Waals surface area (Å²) in [5, 5.41) is 2.73. The number of nitrogens with two attached hydrogens (primary N) is 1. The fourth-order valence-electron chi connectivity index (χ4n) is 1.91. The second kappa shape index (κ2) is 12.3. The topological polar surface area (TPSA) is 64.3 Å². The third-order valence-electron chi connectivity index (χ3n) is 3.15. The summed E-state index contributed by atoms with van der Waals surface area (Å²) in [6.45, 7) is 3.17. The summed E-state index contributed by atoms with van der Waals surface area (Å²) < 4.78 is 5.12. The van der Waals surface area contributed by atoms with Gasteiger partial charge in [-0.2, -0.15) is 0 Å². The van der Waals surface area contributed by atoms with Crippen molar-refractivity contribution >= 4 is 24.2 Å². The van der Waals surface area contributed by atoms with Crippen LogP contribution in [-0.4, -0.2) is 12.7 Å². The Hall–Kier alpha value is -1.42. The number of alkyl carbamates (subject to hydrolysis) is 1. The number of carbonyl (C=O) groups excluding carboxylic acids is 1. The number of nitrogen functional groups attached to an aromatic ring is 1. The van der Waals surface area contributed by atoms with E-state index in [-0.39, 0.29) is 18.5 Å². The van der Waals surface area contributed by atoms with Gasteiger partial charge in [-0.1, -0.05) is 51.2 Å². The zero-order valence-electron chi connectivity index (χ0n) is 12.8. The number of nitrogens with one attached hydrogen (secondary N) is 1. The molecular formula is C16H27ClN2O2. The molecule has 21 heavy (non-hydrogen) atoms. The van der Waals surface area contributed by atoms with E-state index in [2.05, 4.69) is 12.2 Å². The molecule has 0 fully saturated rings. The molecular weight excluding hydrogens is 288 g/mol. The van der Waals surface area contributed by atoms with Crippen LogP contribution < -0.4 is 11.1 Å². The summed E-state index contributed by atoms with van der Waals surface area (Å²) >= 11 is 0. The molecule has 5 heteroatoms. The predicted molar refractivity (Wildman–Crippen MR) is 89.7 cm³/mol. The molecule has 0 radical (unpaired) electrons. The van der Waals surface area contributed by atoms with Crippen molar-refractivity contribution in [3.63, 3.8) is 0 Å². The molecule has 0 atom stereocenters. The van der Waals surface area contributed by atoms with Gasteiger partial charge in [-0.15, -0.1) is 12.4 Å². The van der Waals surface area contributed by atoms with Crippen LogP contribution in [0.15, 0.2) is 24.3 Å². The molecule has 1 aromatic carbocycles. The number of unbranched alkanes of at least 4 members (excludes halogenated alkanes) is 5. The van der Waals surface area contributed by atoms with Crippen molar-refractivity contribution in [2.75, 3.05) is 12.3 Å². The number of carbonyl (C=O) groups is 1. The average Bonchev–Trinajstić information content (AvgIpc) is 2.46. The third kappa shape index (κ3) is 10.0. The van der Waals surface area contributed by atoms with Crippen molar-refractivity contribution in [1.29, 1.82) is 0 Å². The quantitative estimate of drug-likeness (QED) is 0.528. The first-order valence-electron chi connectivity index (χ1n) is 7.47. The van der Waals surface area contributed by atoms with E-state index < -0.39 is 0 Å². The SMILES string of the molecule is CCCCCCCCOC(=O)NCc1ccc(N)cc1.Cl. The third-order valence-corrected chi connectivity index (χ3v) is 3.15. The molecule has 0 heterocycles. The number of amides is 1. The second-order valence-electron chi connectivity index (χ2n) is 5.00. The maximum atomic E-state index is 11.5. The number of anilines is 1. The molecule has 1 amide bonds. The number of hydrogen-bond donors (Lipinski definition) is 2. The smallest absolute Gasteiger partial charge is 0.407 e. The Labute approximate surface area is 133 Å². The van der Waals surface area contributed by atoms with E-state index >= 15 is 0 Å². The molecule has 4 nitrogen and oxygen atoms in total. The van der Waals surface area contributed by atoms with Gasteiger partial charge in [-0.05, 0) is 24.1 Å². The highest BCUT2D eigenvalue weighted by atomic mass is 35.5. The maximum Gasteiger partial charge on any atom is 0.407 e. The van der Waals surface area contributed by atoms with Crippen LogP contribution in [0, 0.1) is 0 Å². The monoisotopic (exact) mass is 314 g/mol. The number of halogens is 1. The van der Waals surface area contributed by atoms with E-state index in [1.807, 2.05) is 24.3 Å². The van der Waals surface area contributed by atoms with Gasteiger partial charge >= 0.3 is 6.09 Å². The molecule has 0 aromatic heterocycles.